The third kappa shape index (κ3) is 4.60. The van der Waals surface area contributed by atoms with Gasteiger partial charge in [0.2, 0.25) is 0 Å². The molecule has 0 atom stereocenters. The van der Waals surface area contributed by atoms with Crippen molar-refractivity contribution in [1.82, 2.24) is 9.97 Å². The van der Waals surface area contributed by atoms with Crippen LogP contribution < -0.4 is 10.6 Å². The normalized spacial score (nSPS) is 10.4. The molecule has 1 heterocycles. The molecule has 1 aromatic heterocycles. The number of halogens is 3. The molecule has 0 radical (unpaired) electrons. The van der Waals surface area contributed by atoms with Crippen LogP contribution >= 0.6 is 34.8 Å². The van der Waals surface area contributed by atoms with Gasteiger partial charge in [-0.1, -0.05) is 40.9 Å². The van der Waals surface area contributed by atoms with Crippen molar-refractivity contribution >= 4 is 57.9 Å². The Labute approximate surface area is 159 Å². The van der Waals surface area contributed by atoms with Crippen molar-refractivity contribution in [3.63, 3.8) is 0 Å². The minimum absolute atomic E-state index is 0.180. The highest BCUT2D eigenvalue weighted by Crippen LogP contribution is 2.26. The summed E-state index contributed by atoms with van der Waals surface area (Å²) in [7, 11) is 0. The fourth-order valence-corrected chi connectivity index (χ4v) is 2.48. The van der Waals surface area contributed by atoms with E-state index in [0.29, 0.717) is 32.3 Å². The first-order chi connectivity index (χ1) is 12.0. The van der Waals surface area contributed by atoms with E-state index in [9.17, 15) is 4.79 Å². The van der Waals surface area contributed by atoms with Gasteiger partial charge < -0.3 is 10.6 Å². The number of aromatic nitrogens is 2. The Morgan fingerprint density at radius 1 is 0.880 bits per heavy atom. The zero-order chi connectivity index (χ0) is 17.8. The summed E-state index contributed by atoms with van der Waals surface area (Å²) in [5, 5.41) is 7.16. The van der Waals surface area contributed by atoms with Crippen molar-refractivity contribution in [2.24, 2.45) is 0 Å². The fourth-order valence-electron chi connectivity index (χ4n) is 1.99. The molecule has 25 heavy (non-hydrogen) atoms. The van der Waals surface area contributed by atoms with Crippen LogP contribution in [0.25, 0.3) is 0 Å². The second-order valence-corrected chi connectivity index (χ2v) is 6.26. The molecule has 3 aromatic rings. The van der Waals surface area contributed by atoms with Gasteiger partial charge >= 0.3 is 0 Å². The Kier molecular flexibility index (Phi) is 5.38. The molecule has 0 aliphatic rings. The van der Waals surface area contributed by atoms with Gasteiger partial charge in [0.05, 0.1) is 22.4 Å². The van der Waals surface area contributed by atoms with Crippen LogP contribution in [0.3, 0.4) is 0 Å². The molecule has 5 nitrogen and oxygen atoms in total. The standard InChI is InChI=1S/C17H11Cl3N4O/c18-10-2-1-3-11(6-10)24-17(25)15-8-22-16(9-21-15)23-12-4-5-13(19)14(20)7-12/h1-9H,(H,22,23)(H,24,25). The first kappa shape index (κ1) is 17.5. The molecular weight excluding hydrogens is 383 g/mol. The van der Waals surface area contributed by atoms with Gasteiger partial charge in [0.1, 0.15) is 11.5 Å². The number of nitrogens with zero attached hydrogens (tertiary/aromatic N) is 2. The highest BCUT2D eigenvalue weighted by molar-refractivity contribution is 6.42. The first-order valence-electron chi connectivity index (χ1n) is 7.12. The molecule has 126 valence electrons. The lowest BCUT2D eigenvalue weighted by atomic mass is 10.3. The maximum atomic E-state index is 12.2. The number of nitrogens with one attached hydrogen (secondary N) is 2. The average Bonchev–Trinajstić information content (AvgIpc) is 2.59. The van der Waals surface area contributed by atoms with Crippen molar-refractivity contribution < 1.29 is 4.79 Å². The predicted octanol–water partition coefficient (Wildman–Crippen LogP) is 5.43. The number of anilines is 3. The van der Waals surface area contributed by atoms with Crippen molar-refractivity contribution in [2.75, 3.05) is 10.6 Å². The lowest BCUT2D eigenvalue weighted by Gasteiger charge is -2.08. The van der Waals surface area contributed by atoms with E-state index < -0.39 is 0 Å². The molecule has 0 saturated carbocycles. The van der Waals surface area contributed by atoms with Gasteiger partial charge in [-0.3, -0.25) is 4.79 Å². The lowest BCUT2D eigenvalue weighted by Crippen LogP contribution is -2.14. The van der Waals surface area contributed by atoms with E-state index in [1.807, 2.05) is 0 Å². The van der Waals surface area contributed by atoms with Gasteiger partial charge in [0, 0.05) is 16.4 Å². The smallest absolute Gasteiger partial charge is 0.275 e. The summed E-state index contributed by atoms with van der Waals surface area (Å²) >= 11 is 17.7. The molecule has 0 aliphatic carbocycles. The number of carbonyl (C=O) groups is 1. The molecule has 0 bridgehead atoms. The van der Waals surface area contributed by atoms with Crippen molar-refractivity contribution in [3.8, 4) is 0 Å². The van der Waals surface area contributed by atoms with Crippen LogP contribution in [0.1, 0.15) is 10.5 Å². The topological polar surface area (TPSA) is 66.9 Å². The molecule has 3 rings (SSSR count). The van der Waals surface area contributed by atoms with Gasteiger partial charge in [-0.05, 0) is 36.4 Å². The van der Waals surface area contributed by atoms with E-state index in [1.54, 1.807) is 42.5 Å². The molecule has 8 heteroatoms. The maximum absolute atomic E-state index is 12.2. The fraction of sp³-hybridized carbons (Fsp3) is 0. The number of amides is 1. The molecule has 0 fully saturated rings. The number of hydrogen-bond acceptors (Lipinski definition) is 4. The van der Waals surface area contributed by atoms with Crippen LogP contribution in [-0.2, 0) is 0 Å². The van der Waals surface area contributed by atoms with Crippen molar-refractivity contribution in [1.29, 1.82) is 0 Å². The summed E-state index contributed by atoms with van der Waals surface area (Å²) in [5.41, 5.74) is 1.47. The van der Waals surface area contributed by atoms with Gasteiger partial charge in [0.15, 0.2) is 0 Å². The third-order valence-electron chi connectivity index (χ3n) is 3.16. The monoisotopic (exact) mass is 392 g/mol. The summed E-state index contributed by atoms with van der Waals surface area (Å²) < 4.78 is 0. The van der Waals surface area contributed by atoms with Gasteiger partial charge in [-0.2, -0.15) is 0 Å². The Bertz CT molecular complexity index is 916. The zero-order valence-electron chi connectivity index (χ0n) is 12.6. The second kappa shape index (κ2) is 7.70. The number of rotatable bonds is 4. The van der Waals surface area contributed by atoms with Crippen LogP contribution in [0.15, 0.2) is 54.9 Å². The Morgan fingerprint density at radius 2 is 1.72 bits per heavy atom. The van der Waals surface area contributed by atoms with E-state index >= 15 is 0 Å². The first-order valence-corrected chi connectivity index (χ1v) is 8.26. The summed E-state index contributed by atoms with van der Waals surface area (Å²) in [4.78, 5) is 20.4. The molecule has 2 aromatic carbocycles. The van der Waals surface area contributed by atoms with Crippen molar-refractivity contribution in [3.05, 3.63) is 75.6 Å². The summed E-state index contributed by atoms with van der Waals surface area (Å²) in [5.74, 6) is 0.0912. The van der Waals surface area contributed by atoms with Gasteiger partial charge in [0.25, 0.3) is 5.91 Å². The van der Waals surface area contributed by atoms with Gasteiger partial charge in [-0.15, -0.1) is 0 Å². The molecule has 1 amide bonds. The third-order valence-corrected chi connectivity index (χ3v) is 4.13. The molecule has 0 unspecified atom stereocenters. The Balaban J connectivity index is 1.69. The summed E-state index contributed by atoms with van der Waals surface area (Å²) in [6, 6.07) is 12.0. The second-order valence-electron chi connectivity index (χ2n) is 5.01. The summed E-state index contributed by atoms with van der Waals surface area (Å²) in [6.07, 6.45) is 2.83. The Morgan fingerprint density at radius 3 is 2.40 bits per heavy atom. The van der Waals surface area contributed by atoms with Crippen LogP contribution in [0, 0.1) is 0 Å². The van der Waals surface area contributed by atoms with Crippen molar-refractivity contribution in [2.45, 2.75) is 0 Å². The van der Waals surface area contributed by atoms with E-state index in [2.05, 4.69) is 20.6 Å². The number of hydrogen-bond donors (Lipinski definition) is 2. The van der Waals surface area contributed by atoms with Crippen LogP contribution in [0.4, 0.5) is 17.2 Å². The molecule has 0 aliphatic heterocycles. The van der Waals surface area contributed by atoms with E-state index in [4.69, 9.17) is 34.8 Å². The highest BCUT2D eigenvalue weighted by atomic mass is 35.5. The van der Waals surface area contributed by atoms with Crippen LogP contribution in [0.2, 0.25) is 15.1 Å². The predicted molar refractivity (Wildman–Crippen MR) is 101 cm³/mol. The average molecular weight is 394 g/mol. The molecule has 0 spiro atoms. The van der Waals surface area contributed by atoms with E-state index in [-0.39, 0.29) is 11.6 Å². The SMILES string of the molecule is O=C(Nc1cccc(Cl)c1)c1cnc(Nc2ccc(Cl)c(Cl)c2)cn1. The quantitative estimate of drug-likeness (QED) is 0.620. The van der Waals surface area contributed by atoms with Crippen LogP contribution in [0.5, 0.6) is 0 Å². The highest BCUT2D eigenvalue weighted by Gasteiger charge is 2.09. The largest absolute Gasteiger partial charge is 0.339 e. The van der Waals surface area contributed by atoms with E-state index in [1.165, 1.54) is 12.4 Å². The van der Waals surface area contributed by atoms with Gasteiger partial charge in [-0.25, -0.2) is 9.97 Å². The molecular formula is C17H11Cl3N4O. The lowest BCUT2D eigenvalue weighted by molar-refractivity contribution is 0.102. The summed E-state index contributed by atoms with van der Waals surface area (Å²) in [6.45, 7) is 0. The minimum atomic E-state index is -0.379. The number of carbonyl (C=O) groups excluding carboxylic acids is 1. The molecule has 0 saturated heterocycles. The van der Waals surface area contributed by atoms with Crippen LogP contribution in [-0.4, -0.2) is 15.9 Å². The van der Waals surface area contributed by atoms with E-state index in [0.717, 1.165) is 0 Å². The maximum Gasteiger partial charge on any atom is 0.275 e. The number of benzene rings is 2. The molecule has 2 N–H and O–H groups in total. The zero-order valence-corrected chi connectivity index (χ0v) is 14.9. The minimum Gasteiger partial charge on any atom is -0.339 e. The Hall–Kier alpha value is -2.34.